The Morgan fingerprint density at radius 1 is 0.875 bits per heavy atom. The number of hydrogen-bond acceptors (Lipinski definition) is 5. The third-order valence-corrected chi connectivity index (χ3v) is 7.02. The topological polar surface area (TPSA) is 89.3 Å². The van der Waals surface area contributed by atoms with Gasteiger partial charge in [-0.3, -0.25) is 0 Å². The van der Waals surface area contributed by atoms with Crippen molar-refractivity contribution in [3.8, 4) is 11.4 Å². The molecule has 0 saturated heterocycles. The van der Waals surface area contributed by atoms with E-state index >= 15 is 0 Å². The summed E-state index contributed by atoms with van der Waals surface area (Å²) in [7, 11) is -3.75. The lowest BCUT2D eigenvalue weighted by atomic mass is 10.1. The number of nitrogens with zero attached hydrogens (tertiary/aromatic N) is 4. The molecule has 0 aliphatic carbocycles. The summed E-state index contributed by atoms with van der Waals surface area (Å²) in [6.07, 6.45) is 0. The van der Waals surface area contributed by atoms with Gasteiger partial charge < -0.3 is 0 Å². The van der Waals surface area contributed by atoms with Crippen molar-refractivity contribution in [2.24, 2.45) is 0 Å². The molecule has 0 amide bonds. The minimum absolute atomic E-state index is 0.159. The molecule has 7 nitrogen and oxygen atoms in total. The van der Waals surface area contributed by atoms with Crippen LogP contribution >= 0.6 is 0 Å². The molecule has 32 heavy (non-hydrogen) atoms. The highest BCUT2D eigenvalue weighted by Crippen LogP contribution is 2.26. The molecule has 160 valence electrons. The Bertz CT molecular complexity index is 1550. The predicted molar refractivity (Wildman–Crippen MR) is 124 cm³/mol. The zero-order valence-corrected chi connectivity index (χ0v) is 18.4. The highest BCUT2D eigenvalue weighted by Gasteiger charge is 2.20. The summed E-state index contributed by atoms with van der Waals surface area (Å²) in [4.78, 5) is 0.159. The third-order valence-electron chi connectivity index (χ3n) is 5.48. The summed E-state index contributed by atoms with van der Waals surface area (Å²) in [6.45, 7) is 3.75. The van der Waals surface area contributed by atoms with Crippen molar-refractivity contribution in [1.82, 2.24) is 24.5 Å². The van der Waals surface area contributed by atoms with Gasteiger partial charge in [0.25, 0.3) is 0 Å². The second-order valence-corrected chi connectivity index (χ2v) is 9.39. The van der Waals surface area contributed by atoms with Crippen molar-refractivity contribution in [3.05, 3.63) is 90.1 Å². The average molecular weight is 444 g/mol. The van der Waals surface area contributed by atoms with Crippen LogP contribution in [0.15, 0.2) is 83.8 Å². The molecule has 1 atom stereocenters. The number of rotatable bonds is 5. The van der Waals surface area contributed by atoms with Crippen LogP contribution in [0.25, 0.3) is 27.8 Å². The zero-order valence-electron chi connectivity index (χ0n) is 17.6. The third kappa shape index (κ3) is 3.53. The quantitative estimate of drug-likeness (QED) is 0.438. The van der Waals surface area contributed by atoms with Gasteiger partial charge in [0, 0.05) is 22.4 Å². The molecule has 0 aliphatic heterocycles. The molecule has 0 radical (unpaired) electrons. The van der Waals surface area contributed by atoms with E-state index in [9.17, 15) is 8.42 Å². The smallest absolute Gasteiger partial charge is 0.207 e. The van der Waals surface area contributed by atoms with Gasteiger partial charge in [-0.05, 0) is 31.5 Å². The fourth-order valence-electron chi connectivity index (χ4n) is 3.83. The maximum absolute atomic E-state index is 13.1. The minimum Gasteiger partial charge on any atom is -0.207 e. The average Bonchev–Trinajstić information content (AvgIpc) is 3.24. The number of aryl methyl sites for hydroxylation is 1. The molecule has 0 aliphatic rings. The molecule has 0 fully saturated rings. The summed E-state index contributed by atoms with van der Waals surface area (Å²) < 4.78 is 30.5. The first-order chi connectivity index (χ1) is 15.4. The molecular weight excluding hydrogens is 422 g/mol. The van der Waals surface area contributed by atoms with Gasteiger partial charge in [0.05, 0.1) is 10.6 Å². The number of aromatic nitrogens is 4. The van der Waals surface area contributed by atoms with Crippen LogP contribution in [0.2, 0.25) is 0 Å². The second kappa shape index (κ2) is 7.81. The Morgan fingerprint density at radius 2 is 1.59 bits per heavy atom. The number of fused-ring (bicyclic) bond motifs is 3. The van der Waals surface area contributed by atoms with Crippen molar-refractivity contribution < 1.29 is 8.42 Å². The lowest BCUT2D eigenvalue weighted by Gasteiger charge is -2.15. The van der Waals surface area contributed by atoms with Gasteiger partial charge in [-0.2, -0.15) is 9.61 Å². The van der Waals surface area contributed by atoms with E-state index < -0.39 is 10.0 Å². The van der Waals surface area contributed by atoms with E-state index in [0.717, 1.165) is 22.0 Å². The van der Waals surface area contributed by atoms with E-state index in [0.29, 0.717) is 17.0 Å². The first-order valence-electron chi connectivity index (χ1n) is 10.2. The molecule has 2 aromatic heterocycles. The van der Waals surface area contributed by atoms with Crippen LogP contribution in [0.3, 0.4) is 0 Å². The van der Waals surface area contributed by atoms with Gasteiger partial charge in [-0.1, -0.05) is 66.7 Å². The standard InChI is InChI=1S/C24H21N5O2S/c1-16(18-9-4-3-5-10-18)28-32(30,31)20-12-8-11-19(15-20)23-25-26-24-22-14-7-6-13-21(22)17(2)27-29(23)24/h3-16,28H,1-2H3/t16-/m1/s1. The van der Waals surface area contributed by atoms with Gasteiger partial charge in [-0.15, -0.1) is 10.2 Å². The molecule has 1 N–H and O–H groups in total. The van der Waals surface area contributed by atoms with Gasteiger partial charge >= 0.3 is 0 Å². The molecule has 0 saturated carbocycles. The SMILES string of the molecule is Cc1nn2c(-c3cccc(S(=O)(=O)N[C@H](C)c4ccccc4)c3)nnc2c2ccccc12. The Kier molecular flexibility index (Phi) is 4.96. The van der Waals surface area contributed by atoms with Gasteiger partial charge in [-0.25, -0.2) is 13.1 Å². The Hall–Kier alpha value is -3.62. The van der Waals surface area contributed by atoms with Crippen LogP contribution in [-0.4, -0.2) is 28.2 Å². The lowest BCUT2D eigenvalue weighted by Crippen LogP contribution is -2.26. The monoisotopic (exact) mass is 443 g/mol. The van der Waals surface area contributed by atoms with E-state index in [4.69, 9.17) is 0 Å². The van der Waals surface area contributed by atoms with Crippen LogP contribution in [0.4, 0.5) is 0 Å². The van der Waals surface area contributed by atoms with Crippen molar-refractivity contribution in [1.29, 1.82) is 0 Å². The molecule has 2 heterocycles. The molecule has 0 bridgehead atoms. The number of benzene rings is 3. The van der Waals surface area contributed by atoms with Gasteiger partial charge in [0.2, 0.25) is 10.0 Å². The maximum Gasteiger partial charge on any atom is 0.241 e. The second-order valence-electron chi connectivity index (χ2n) is 7.67. The Balaban J connectivity index is 1.55. The number of hydrogen-bond donors (Lipinski definition) is 1. The summed E-state index contributed by atoms with van der Waals surface area (Å²) in [5.41, 5.74) is 2.98. The lowest BCUT2D eigenvalue weighted by molar-refractivity contribution is 0.567. The summed E-state index contributed by atoms with van der Waals surface area (Å²) >= 11 is 0. The fourth-order valence-corrected chi connectivity index (χ4v) is 5.11. The van der Waals surface area contributed by atoms with Crippen LogP contribution in [0.5, 0.6) is 0 Å². The molecule has 5 rings (SSSR count). The molecule has 0 spiro atoms. The zero-order chi connectivity index (χ0) is 22.3. The van der Waals surface area contributed by atoms with Crippen LogP contribution in [0.1, 0.15) is 24.2 Å². The highest BCUT2D eigenvalue weighted by atomic mass is 32.2. The van der Waals surface area contributed by atoms with Crippen LogP contribution in [0, 0.1) is 6.92 Å². The van der Waals surface area contributed by atoms with Crippen molar-refractivity contribution in [2.75, 3.05) is 0 Å². The predicted octanol–water partition coefficient (Wildman–Crippen LogP) is 4.29. The minimum atomic E-state index is -3.75. The van der Waals surface area contributed by atoms with Gasteiger partial charge in [0.1, 0.15) is 0 Å². The Labute approximate surface area is 185 Å². The van der Waals surface area contributed by atoms with Crippen LogP contribution < -0.4 is 4.72 Å². The highest BCUT2D eigenvalue weighted by molar-refractivity contribution is 7.89. The van der Waals surface area contributed by atoms with Crippen LogP contribution in [-0.2, 0) is 10.0 Å². The summed E-state index contributed by atoms with van der Waals surface area (Å²) in [6, 6.07) is 23.7. The van der Waals surface area contributed by atoms with E-state index in [1.54, 1.807) is 22.7 Å². The van der Waals surface area contributed by atoms with Crippen molar-refractivity contribution >= 4 is 26.4 Å². The van der Waals surface area contributed by atoms with Crippen molar-refractivity contribution in [2.45, 2.75) is 24.8 Å². The number of sulfonamides is 1. The number of nitrogens with one attached hydrogen (secondary N) is 1. The molecule has 5 aromatic rings. The summed E-state index contributed by atoms with van der Waals surface area (Å²) in [5, 5.41) is 15.3. The Morgan fingerprint density at radius 3 is 2.38 bits per heavy atom. The van der Waals surface area contributed by atoms with E-state index in [1.807, 2.05) is 74.5 Å². The largest absolute Gasteiger partial charge is 0.241 e. The molecule has 3 aromatic carbocycles. The fraction of sp³-hybridized carbons (Fsp3) is 0.125. The van der Waals surface area contributed by atoms with Crippen molar-refractivity contribution in [3.63, 3.8) is 0 Å². The van der Waals surface area contributed by atoms with E-state index in [-0.39, 0.29) is 10.9 Å². The van der Waals surface area contributed by atoms with E-state index in [1.165, 1.54) is 0 Å². The maximum atomic E-state index is 13.1. The first-order valence-corrected chi connectivity index (χ1v) is 11.7. The molecular formula is C24H21N5O2S. The van der Waals surface area contributed by atoms with Gasteiger partial charge in [0.15, 0.2) is 11.5 Å². The normalized spacial score (nSPS) is 12.9. The molecule has 0 unspecified atom stereocenters. The summed E-state index contributed by atoms with van der Waals surface area (Å²) in [5.74, 6) is 0.488. The first kappa shape index (κ1) is 20.3. The molecule has 8 heteroatoms. The van der Waals surface area contributed by atoms with E-state index in [2.05, 4.69) is 20.0 Å².